The molecule has 0 saturated carbocycles. The second kappa shape index (κ2) is 27.9. The fourth-order valence-electron chi connectivity index (χ4n) is 14.3. The van der Waals surface area contributed by atoms with Crippen molar-refractivity contribution in [1.29, 1.82) is 0 Å². The van der Waals surface area contributed by atoms with E-state index in [0.29, 0.717) is 57.6 Å². The van der Waals surface area contributed by atoms with Crippen molar-refractivity contribution < 1.29 is 93.9 Å². The molecule has 526 valence electrons. The van der Waals surface area contributed by atoms with E-state index in [-0.39, 0.29) is 44.5 Å². The molecule has 5 aliphatic rings. The van der Waals surface area contributed by atoms with E-state index in [1.165, 1.54) is 36.4 Å². The summed E-state index contributed by atoms with van der Waals surface area (Å²) in [5.74, 6) is -18.6. The molecule has 5 aliphatic carbocycles. The van der Waals surface area contributed by atoms with Gasteiger partial charge in [-0.25, -0.2) is 17.6 Å². The third-order valence-corrected chi connectivity index (χ3v) is 19.6. The van der Waals surface area contributed by atoms with Gasteiger partial charge < -0.3 is 28.4 Å². The molecule has 0 fully saturated rings. The Morgan fingerprint density at radius 3 is 0.710 bits per heavy atom. The fourth-order valence-corrected chi connectivity index (χ4v) is 14.3. The first kappa shape index (κ1) is 69.1. The van der Waals surface area contributed by atoms with Gasteiger partial charge in [-0.3, -0.25) is 47.9 Å². The summed E-state index contributed by atoms with van der Waals surface area (Å²) in [6, 6.07) is 56.9. The van der Waals surface area contributed by atoms with Gasteiger partial charge in [0.05, 0.1) is 11.1 Å². The maximum atomic E-state index is 16.4. The summed E-state index contributed by atoms with van der Waals surface area (Å²) >= 11 is 0. The van der Waals surface area contributed by atoms with E-state index in [4.69, 9.17) is 28.4 Å². The number of carbonyl (C=O) groups excluding carboxylic acids is 10. The first-order chi connectivity index (χ1) is 51.8. The van der Waals surface area contributed by atoms with E-state index in [1.54, 1.807) is 182 Å². The lowest BCUT2D eigenvalue weighted by molar-refractivity contribution is -0.166. The molecule has 20 heteroatoms. The van der Waals surface area contributed by atoms with Gasteiger partial charge in [0.1, 0.15) is 39.6 Å². The number of fused-ring (bicyclic) bond motifs is 7. The predicted molar refractivity (Wildman–Crippen MR) is 376 cm³/mol. The Kier molecular flexibility index (Phi) is 18.0. The van der Waals surface area contributed by atoms with Gasteiger partial charge in [0.15, 0.2) is 46.4 Å². The Bertz CT molecular complexity index is 5050. The summed E-state index contributed by atoms with van der Waals surface area (Å²) in [5, 5.41) is 0. The smallest absolute Gasteiger partial charge is 0.333 e. The number of Topliss-reactive ketones (excluding diaryl/α,β-unsaturated/α-hetero) is 4. The maximum Gasteiger partial charge on any atom is 0.333 e. The quantitative estimate of drug-likeness (QED) is 0.0173. The Morgan fingerprint density at radius 1 is 0.271 bits per heavy atom. The molecule has 10 aromatic rings. The summed E-state index contributed by atoms with van der Waals surface area (Å²) < 4.78 is 97.6. The minimum absolute atomic E-state index is 0.170. The van der Waals surface area contributed by atoms with E-state index < -0.39 is 183 Å². The van der Waals surface area contributed by atoms with Crippen LogP contribution in [-0.4, -0.2) is 58.9 Å². The van der Waals surface area contributed by atoms with Crippen molar-refractivity contribution in [3.05, 3.63) is 377 Å². The fraction of sp³-hybridized carbons (Fsp3) is 0.103. The number of rotatable bonds is 20. The van der Waals surface area contributed by atoms with Crippen LogP contribution < -0.4 is 0 Å². The topological polar surface area (TPSA) is 226 Å². The van der Waals surface area contributed by atoms with Crippen molar-refractivity contribution in [3.63, 3.8) is 0 Å². The van der Waals surface area contributed by atoms with Crippen molar-refractivity contribution in [3.8, 4) is 11.1 Å². The van der Waals surface area contributed by atoms with Gasteiger partial charge >= 0.3 is 35.8 Å². The largest absolute Gasteiger partial charge is 0.459 e. The first-order valence-electron chi connectivity index (χ1n) is 33.5. The molecular formula is C87H54F4O16. The molecule has 0 saturated heterocycles. The average Bonchev–Trinajstić information content (AvgIpc) is 1.51. The highest BCUT2D eigenvalue weighted by molar-refractivity contribution is 6.41. The SMILES string of the molecule is O=C1C(=CC2=Cc3cc4c(cc3C2(C(=O)OCc2ccccc2)C(=O)OCc2ccccc2)-c2cc3c(cc2C4(C(=O)OCc2ccccc2)C(=O)OCc2ccccc2)C=C(C=C2C(=O)c4cc(F)c(F)cc4C2=O)C3(C(=O)OCc2ccccc2)C(=O)OCc2ccccc2)C(=O)c2cc(F)c(F)cc21. The Labute approximate surface area is 606 Å². The number of hydrogen-bond donors (Lipinski definition) is 0. The highest BCUT2D eigenvalue weighted by atomic mass is 19.2. The van der Waals surface area contributed by atoms with E-state index in [0.717, 1.165) is 12.2 Å². The summed E-state index contributed by atoms with van der Waals surface area (Å²) in [7, 11) is 0. The number of halogens is 4. The lowest BCUT2D eigenvalue weighted by atomic mass is 9.73. The standard InChI is InChI=1S/C87H54F4O16/c88-71-39-61-62(40-72(71)89)76(93)65(75(61)92)35-57-31-55-33-69-59(37-67(55)85(57,79(96)102-43-49-19-7-1-8-20-49)80(97)103-44-50-21-9-2-10-22-50)60-38-68-56(34-70(60)87(69,83(100)106-47-53-27-15-5-16-28-53)84(101)107-48-54-29-17-6-18-30-54)32-58(36-66-77(94)63-41-73(90)74(91)42-64(63)78(66)95)86(68,81(98)104-45-51-23-11-3-12-24-51)82(99)105-46-52-25-13-4-14-26-52/h1-42H,43-48H2. The monoisotopic (exact) mass is 1430 g/mol. The number of allylic oxidation sites excluding steroid dienone is 4. The van der Waals surface area contributed by atoms with Crippen LogP contribution in [0.2, 0.25) is 0 Å². The molecule has 0 amide bonds. The van der Waals surface area contributed by atoms with E-state index in [9.17, 15) is 19.2 Å². The second-order valence-electron chi connectivity index (χ2n) is 25.8. The molecule has 0 aromatic heterocycles. The van der Waals surface area contributed by atoms with E-state index in [2.05, 4.69) is 0 Å². The molecule has 0 bridgehead atoms. The molecule has 107 heavy (non-hydrogen) atoms. The van der Waals surface area contributed by atoms with Crippen LogP contribution in [0.25, 0.3) is 23.3 Å². The van der Waals surface area contributed by atoms with Gasteiger partial charge in [0.2, 0.25) is 16.2 Å². The summed E-state index contributed by atoms with van der Waals surface area (Å²) in [5.41, 5.74) is -13.1. The van der Waals surface area contributed by atoms with Crippen molar-refractivity contribution in [2.75, 3.05) is 0 Å². The van der Waals surface area contributed by atoms with Gasteiger partial charge in [-0.1, -0.05) is 182 Å². The highest BCUT2D eigenvalue weighted by Gasteiger charge is 2.64. The van der Waals surface area contributed by atoms with Crippen molar-refractivity contribution in [1.82, 2.24) is 0 Å². The minimum Gasteiger partial charge on any atom is -0.459 e. The van der Waals surface area contributed by atoms with E-state index in [1.807, 2.05) is 0 Å². The number of benzene rings is 10. The van der Waals surface area contributed by atoms with Crippen molar-refractivity contribution >= 4 is 71.1 Å². The van der Waals surface area contributed by atoms with Crippen LogP contribution in [0, 0.1) is 23.3 Å². The number of hydrogen-bond acceptors (Lipinski definition) is 16. The molecule has 0 aliphatic heterocycles. The van der Waals surface area contributed by atoms with Crippen LogP contribution in [0.4, 0.5) is 17.6 Å². The average molecular weight is 1430 g/mol. The van der Waals surface area contributed by atoms with Crippen LogP contribution in [0.3, 0.4) is 0 Å². The molecular weight excluding hydrogens is 1380 g/mol. The molecule has 0 radical (unpaired) electrons. The van der Waals surface area contributed by atoms with Gasteiger partial charge in [-0.15, -0.1) is 0 Å². The van der Waals surface area contributed by atoms with Gasteiger partial charge in [0.25, 0.3) is 0 Å². The molecule has 0 atom stereocenters. The predicted octanol–water partition coefficient (Wildman–Crippen LogP) is 14.3. The van der Waals surface area contributed by atoms with Crippen LogP contribution in [0.5, 0.6) is 0 Å². The number of ether oxygens (including phenoxy) is 6. The second-order valence-corrected chi connectivity index (χ2v) is 25.8. The molecule has 16 nitrogen and oxygen atoms in total. The number of esters is 6. The zero-order valence-corrected chi connectivity index (χ0v) is 56.0. The van der Waals surface area contributed by atoms with Crippen LogP contribution >= 0.6 is 0 Å². The van der Waals surface area contributed by atoms with E-state index >= 15 is 46.3 Å². The first-order valence-corrected chi connectivity index (χ1v) is 33.5. The third kappa shape index (κ3) is 11.8. The van der Waals surface area contributed by atoms with Crippen LogP contribution in [-0.2, 0) is 113 Å². The summed E-state index contributed by atoms with van der Waals surface area (Å²) in [4.78, 5) is 156. The van der Waals surface area contributed by atoms with Crippen molar-refractivity contribution in [2.24, 2.45) is 0 Å². The zero-order chi connectivity index (χ0) is 74.5. The maximum absolute atomic E-state index is 16.4. The van der Waals surface area contributed by atoms with Crippen LogP contribution in [0.1, 0.15) is 108 Å². The lowest BCUT2D eigenvalue weighted by Crippen LogP contribution is -2.47. The Balaban J connectivity index is 1.02. The normalized spacial score (nSPS) is 14.8. The molecule has 15 rings (SSSR count). The van der Waals surface area contributed by atoms with Gasteiger partial charge in [0, 0.05) is 22.3 Å². The molecule has 10 aromatic carbocycles. The number of carbonyl (C=O) groups is 10. The Hall–Kier alpha value is -13.6. The van der Waals surface area contributed by atoms with Gasteiger partial charge in [-0.2, -0.15) is 0 Å². The summed E-state index contributed by atoms with van der Waals surface area (Å²) in [6.07, 6.45) is 4.23. The Morgan fingerprint density at radius 2 is 0.486 bits per heavy atom. The molecule has 0 heterocycles. The minimum atomic E-state index is -2.98. The van der Waals surface area contributed by atoms with Crippen LogP contribution in [0.15, 0.2) is 265 Å². The highest BCUT2D eigenvalue weighted by Crippen LogP contribution is 2.59. The molecule has 0 unspecified atom stereocenters. The number of ketones is 4. The zero-order valence-electron chi connectivity index (χ0n) is 56.0. The molecule has 0 N–H and O–H groups in total. The van der Waals surface area contributed by atoms with Gasteiger partial charge in [-0.05, 0) is 162 Å². The molecule has 0 spiro atoms. The lowest BCUT2D eigenvalue weighted by Gasteiger charge is -2.30. The third-order valence-electron chi connectivity index (χ3n) is 19.6. The van der Waals surface area contributed by atoms with Crippen molar-refractivity contribution in [2.45, 2.75) is 55.9 Å². The summed E-state index contributed by atoms with van der Waals surface area (Å²) in [6.45, 7) is -3.08.